The van der Waals surface area contributed by atoms with Crippen LogP contribution in [0.4, 0.5) is 0 Å². The Bertz CT molecular complexity index is 596. The summed E-state index contributed by atoms with van der Waals surface area (Å²) in [6.07, 6.45) is 3.59. The minimum atomic E-state index is -1.02. The molecular weight excluding hydrogens is 292 g/mol. The van der Waals surface area contributed by atoms with Crippen LogP contribution in [0.1, 0.15) is 33.0 Å². The number of piperidine rings is 1. The highest BCUT2D eigenvalue weighted by Gasteiger charge is 2.21. The molecule has 1 unspecified atom stereocenters. The third-order valence-electron chi connectivity index (χ3n) is 3.16. The first-order chi connectivity index (χ1) is 9.95. The van der Waals surface area contributed by atoms with Crippen LogP contribution in [-0.2, 0) is 9.59 Å². The Hall–Kier alpha value is -2.15. The van der Waals surface area contributed by atoms with E-state index < -0.39 is 5.97 Å². The van der Waals surface area contributed by atoms with Crippen LogP contribution in [0.15, 0.2) is 12.1 Å². The molecule has 21 heavy (non-hydrogen) atoms. The first-order valence-electron chi connectivity index (χ1n) is 6.54. The van der Waals surface area contributed by atoms with E-state index in [1.165, 1.54) is 17.4 Å². The second-order valence-electron chi connectivity index (χ2n) is 4.84. The van der Waals surface area contributed by atoms with E-state index in [0.29, 0.717) is 24.3 Å². The average Bonchev–Trinajstić information content (AvgIpc) is 2.80. The fourth-order valence-corrected chi connectivity index (χ4v) is 3.01. The molecule has 2 rings (SSSR count). The molecule has 1 aliphatic heterocycles. The molecule has 1 aromatic rings. The highest BCUT2D eigenvalue weighted by molar-refractivity contribution is 7.15. The van der Waals surface area contributed by atoms with Gasteiger partial charge in [0.25, 0.3) is 5.91 Å². The van der Waals surface area contributed by atoms with E-state index in [1.807, 2.05) is 6.92 Å². The van der Waals surface area contributed by atoms with Crippen molar-refractivity contribution < 1.29 is 19.5 Å². The molecule has 112 valence electrons. The van der Waals surface area contributed by atoms with E-state index in [4.69, 9.17) is 5.11 Å². The molecule has 1 aromatic heterocycles. The number of hydrogen-bond acceptors (Lipinski definition) is 4. The minimum absolute atomic E-state index is 0.00793. The monoisotopic (exact) mass is 308 g/mol. The van der Waals surface area contributed by atoms with Crippen molar-refractivity contribution in [2.45, 2.75) is 25.8 Å². The molecule has 1 atom stereocenters. The van der Waals surface area contributed by atoms with E-state index >= 15 is 0 Å². The Morgan fingerprint density at radius 3 is 2.90 bits per heavy atom. The Morgan fingerprint density at radius 2 is 2.29 bits per heavy atom. The van der Waals surface area contributed by atoms with E-state index in [9.17, 15) is 14.4 Å². The normalized spacial score (nSPS) is 18.5. The van der Waals surface area contributed by atoms with Gasteiger partial charge in [0.05, 0.1) is 4.88 Å². The quantitative estimate of drug-likeness (QED) is 0.727. The van der Waals surface area contributed by atoms with E-state index in [-0.39, 0.29) is 17.9 Å². The Kier molecular flexibility index (Phi) is 4.74. The minimum Gasteiger partial charge on any atom is -0.478 e. The summed E-state index contributed by atoms with van der Waals surface area (Å²) >= 11 is 1.25. The van der Waals surface area contributed by atoms with Gasteiger partial charge in [-0.1, -0.05) is 0 Å². The second-order valence-corrected chi connectivity index (χ2v) is 5.93. The summed E-state index contributed by atoms with van der Waals surface area (Å²) in [5.41, 5.74) is 0.861. The molecule has 1 fully saturated rings. The van der Waals surface area contributed by atoms with Gasteiger partial charge in [0.1, 0.15) is 0 Å². The van der Waals surface area contributed by atoms with Gasteiger partial charge < -0.3 is 15.7 Å². The standard InChI is InChI=1S/C14H16N2O4S/c1-8-6-11(21-10(8)3-5-13(18)19)14(20)16-9-2-4-12(17)15-7-9/h3,5-6,9H,2,4,7H2,1H3,(H,15,17)(H,16,20)(H,18,19)/b5-3+. The first-order valence-corrected chi connectivity index (χ1v) is 7.36. The number of carbonyl (C=O) groups is 3. The van der Waals surface area contributed by atoms with Gasteiger partial charge in [-0.05, 0) is 31.1 Å². The lowest BCUT2D eigenvalue weighted by molar-refractivity contribution is -0.131. The molecule has 2 amide bonds. The summed E-state index contributed by atoms with van der Waals surface area (Å²) in [4.78, 5) is 35.0. The van der Waals surface area contributed by atoms with Gasteiger partial charge in [0.15, 0.2) is 0 Å². The lowest BCUT2D eigenvalue weighted by atomic mass is 10.1. The summed E-state index contributed by atoms with van der Waals surface area (Å²) < 4.78 is 0. The molecule has 0 aliphatic carbocycles. The zero-order chi connectivity index (χ0) is 15.4. The van der Waals surface area contributed by atoms with Gasteiger partial charge in [-0.3, -0.25) is 9.59 Å². The molecule has 3 N–H and O–H groups in total. The van der Waals surface area contributed by atoms with Gasteiger partial charge >= 0.3 is 5.97 Å². The maximum Gasteiger partial charge on any atom is 0.328 e. The molecule has 0 spiro atoms. The number of aryl methyl sites for hydroxylation is 1. The van der Waals surface area contributed by atoms with Crippen molar-refractivity contribution >= 4 is 35.2 Å². The van der Waals surface area contributed by atoms with Crippen molar-refractivity contribution in [3.8, 4) is 0 Å². The second kappa shape index (κ2) is 6.53. The molecular formula is C14H16N2O4S. The van der Waals surface area contributed by atoms with E-state index in [2.05, 4.69) is 10.6 Å². The zero-order valence-electron chi connectivity index (χ0n) is 11.5. The highest BCUT2D eigenvalue weighted by Crippen LogP contribution is 2.23. The molecule has 1 saturated heterocycles. The van der Waals surface area contributed by atoms with Crippen LogP contribution in [0.25, 0.3) is 6.08 Å². The van der Waals surface area contributed by atoms with Crippen molar-refractivity contribution in [2.24, 2.45) is 0 Å². The number of thiophene rings is 1. The number of carboxylic acids is 1. The SMILES string of the molecule is Cc1cc(C(=O)NC2CCC(=O)NC2)sc1/C=C/C(=O)O. The van der Waals surface area contributed by atoms with Gasteiger partial charge in [-0.15, -0.1) is 11.3 Å². The van der Waals surface area contributed by atoms with Crippen LogP contribution >= 0.6 is 11.3 Å². The fraction of sp³-hybridized carbons (Fsp3) is 0.357. The summed E-state index contributed by atoms with van der Waals surface area (Å²) in [5, 5.41) is 14.2. The average molecular weight is 308 g/mol. The van der Waals surface area contributed by atoms with Gasteiger partial charge in [-0.2, -0.15) is 0 Å². The van der Waals surface area contributed by atoms with Crippen LogP contribution < -0.4 is 10.6 Å². The summed E-state index contributed by atoms with van der Waals surface area (Å²) in [5.74, 6) is -1.21. The Balaban J connectivity index is 2.01. The Morgan fingerprint density at radius 1 is 1.52 bits per heavy atom. The maximum atomic E-state index is 12.1. The predicted octanol–water partition coefficient (Wildman–Crippen LogP) is 1.16. The Labute approximate surface area is 125 Å². The van der Waals surface area contributed by atoms with Crippen molar-refractivity contribution in [3.05, 3.63) is 27.5 Å². The molecule has 0 saturated carbocycles. The number of amides is 2. The van der Waals surface area contributed by atoms with Crippen molar-refractivity contribution in [1.82, 2.24) is 10.6 Å². The van der Waals surface area contributed by atoms with Crippen LogP contribution in [0.2, 0.25) is 0 Å². The first kappa shape index (κ1) is 15.2. The lowest BCUT2D eigenvalue weighted by Gasteiger charge is -2.23. The molecule has 0 radical (unpaired) electrons. The molecule has 0 aromatic carbocycles. The van der Waals surface area contributed by atoms with Crippen LogP contribution in [0.3, 0.4) is 0 Å². The highest BCUT2D eigenvalue weighted by atomic mass is 32.1. The number of aliphatic carboxylic acids is 1. The number of nitrogens with one attached hydrogen (secondary N) is 2. The number of hydrogen-bond donors (Lipinski definition) is 3. The maximum absolute atomic E-state index is 12.1. The third-order valence-corrected chi connectivity index (χ3v) is 4.36. The third kappa shape index (κ3) is 4.16. The topological polar surface area (TPSA) is 95.5 Å². The van der Waals surface area contributed by atoms with Crippen LogP contribution in [0.5, 0.6) is 0 Å². The number of rotatable bonds is 4. The van der Waals surface area contributed by atoms with Gasteiger partial charge in [0, 0.05) is 30.0 Å². The van der Waals surface area contributed by atoms with Crippen molar-refractivity contribution in [3.63, 3.8) is 0 Å². The number of carbonyl (C=O) groups excluding carboxylic acids is 2. The van der Waals surface area contributed by atoms with Gasteiger partial charge in [0.2, 0.25) is 5.91 Å². The van der Waals surface area contributed by atoms with Gasteiger partial charge in [-0.25, -0.2) is 4.79 Å². The van der Waals surface area contributed by atoms with E-state index in [0.717, 1.165) is 16.5 Å². The fourth-order valence-electron chi connectivity index (χ4n) is 2.03. The summed E-state index contributed by atoms with van der Waals surface area (Å²) in [7, 11) is 0. The molecule has 2 heterocycles. The largest absolute Gasteiger partial charge is 0.478 e. The smallest absolute Gasteiger partial charge is 0.328 e. The summed E-state index contributed by atoms with van der Waals surface area (Å²) in [6.45, 7) is 2.27. The van der Waals surface area contributed by atoms with Crippen molar-refractivity contribution in [1.29, 1.82) is 0 Å². The van der Waals surface area contributed by atoms with E-state index in [1.54, 1.807) is 6.07 Å². The van der Waals surface area contributed by atoms with Crippen LogP contribution in [0, 0.1) is 6.92 Å². The molecule has 6 nitrogen and oxygen atoms in total. The molecule has 7 heteroatoms. The van der Waals surface area contributed by atoms with Crippen molar-refractivity contribution in [2.75, 3.05) is 6.54 Å². The predicted molar refractivity (Wildman–Crippen MR) is 79.2 cm³/mol. The molecule has 1 aliphatic rings. The summed E-state index contributed by atoms with van der Waals surface area (Å²) in [6, 6.07) is 1.68. The molecule has 0 bridgehead atoms. The zero-order valence-corrected chi connectivity index (χ0v) is 12.3. The number of carboxylic acid groups (broad SMARTS) is 1. The lowest BCUT2D eigenvalue weighted by Crippen LogP contribution is -2.47. The van der Waals surface area contributed by atoms with Crippen LogP contribution in [-0.4, -0.2) is 35.5 Å².